The molecule has 1 heterocycles. The summed E-state index contributed by atoms with van der Waals surface area (Å²) < 4.78 is 35.2. The second-order valence-electron chi connectivity index (χ2n) is 7.81. The highest BCUT2D eigenvalue weighted by Crippen LogP contribution is 2.36. The number of rotatable bonds is 6. The van der Waals surface area contributed by atoms with Crippen LogP contribution >= 0.6 is 0 Å². The molecule has 0 amide bonds. The third-order valence-electron chi connectivity index (χ3n) is 5.70. The summed E-state index contributed by atoms with van der Waals surface area (Å²) in [6.45, 7) is 0.146. The summed E-state index contributed by atoms with van der Waals surface area (Å²) in [7, 11) is -1.74. The monoisotopic (exact) mass is 416 g/mol. The maximum absolute atomic E-state index is 13.2. The predicted octanol–water partition coefficient (Wildman–Crippen LogP) is 4.02. The molecule has 0 aromatic heterocycles. The fourth-order valence-electron chi connectivity index (χ4n) is 4.21. The molecule has 2 unspecified atom stereocenters. The van der Waals surface area contributed by atoms with Crippen LogP contribution in [0.2, 0.25) is 0 Å². The van der Waals surface area contributed by atoms with Gasteiger partial charge in [-0.25, -0.2) is 13.1 Å². The largest absolute Gasteiger partial charge is 0.457 e. The van der Waals surface area contributed by atoms with Gasteiger partial charge in [-0.3, -0.25) is 4.84 Å². The van der Waals surface area contributed by atoms with Gasteiger partial charge in [0.05, 0.1) is 12.6 Å². The van der Waals surface area contributed by atoms with E-state index in [1.807, 2.05) is 54.6 Å². The number of hydrogen-bond donors (Lipinski definition) is 1. The van der Waals surface area contributed by atoms with Crippen LogP contribution in [0.4, 0.5) is 0 Å². The van der Waals surface area contributed by atoms with Gasteiger partial charge in [0.1, 0.15) is 16.7 Å². The number of para-hydroxylation sites is 1. The standard InChI is InChI=1S/C22H28N2O4S/c1-24-22(17-9-8-14-20(15-17)28-19-12-6-3-7-13-19)21(16-27-24)29(25,26)23-18-10-4-2-5-11-18/h3,6-9,12-15,18,21-23H,2,4-5,10-11,16H2,1H3. The molecule has 0 bridgehead atoms. The molecule has 1 N–H and O–H groups in total. The molecule has 1 aliphatic heterocycles. The lowest BCUT2D eigenvalue weighted by atomic mass is 9.96. The predicted molar refractivity (Wildman–Crippen MR) is 112 cm³/mol. The number of nitrogens with one attached hydrogen (secondary N) is 1. The van der Waals surface area contributed by atoms with Crippen LogP contribution in [0.1, 0.15) is 43.7 Å². The van der Waals surface area contributed by atoms with Gasteiger partial charge >= 0.3 is 0 Å². The summed E-state index contributed by atoms with van der Waals surface area (Å²) >= 11 is 0. The minimum atomic E-state index is -3.52. The summed E-state index contributed by atoms with van der Waals surface area (Å²) in [6.07, 6.45) is 5.17. The van der Waals surface area contributed by atoms with Crippen molar-refractivity contribution >= 4 is 10.0 Å². The molecule has 4 rings (SSSR count). The van der Waals surface area contributed by atoms with Crippen molar-refractivity contribution < 1.29 is 18.0 Å². The van der Waals surface area contributed by atoms with E-state index >= 15 is 0 Å². The lowest BCUT2D eigenvalue weighted by molar-refractivity contribution is -0.110. The molecule has 1 saturated heterocycles. The maximum atomic E-state index is 13.2. The molecule has 2 aromatic carbocycles. The Bertz CT molecular complexity index is 913. The molecule has 6 nitrogen and oxygen atoms in total. The molecule has 2 aliphatic rings. The Morgan fingerprint density at radius 2 is 1.72 bits per heavy atom. The molecule has 0 spiro atoms. The average Bonchev–Trinajstić information content (AvgIpc) is 3.12. The van der Waals surface area contributed by atoms with Crippen LogP contribution in [0.15, 0.2) is 54.6 Å². The van der Waals surface area contributed by atoms with Crippen LogP contribution < -0.4 is 9.46 Å². The molecule has 0 radical (unpaired) electrons. The Labute approximate surface area is 172 Å². The molecule has 2 fully saturated rings. The Kier molecular flexibility index (Phi) is 6.20. The normalized spacial score (nSPS) is 23.9. The quantitative estimate of drug-likeness (QED) is 0.770. The zero-order valence-corrected chi connectivity index (χ0v) is 17.5. The SMILES string of the molecule is CN1OCC(S(=O)(=O)NC2CCCCC2)C1c1cccc(Oc2ccccc2)c1. The topological polar surface area (TPSA) is 67.9 Å². The number of sulfonamides is 1. The van der Waals surface area contributed by atoms with Crippen LogP contribution in [0.5, 0.6) is 11.5 Å². The van der Waals surface area contributed by atoms with Gasteiger partial charge in [-0.1, -0.05) is 49.6 Å². The summed E-state index contributed by atoms with van der Waals surface area (Å²) in [4.78, 5) is 5.64. The molecule has 156 valence electrons. The molecule has 1 saturated carbocycles. The average molecular weight is 417 g/mol. The molecular formula is C22H28N2O4S. The van der Waals surface area contributed by atoms with Gasteiger partial charge in [0.25, 0.3) is 0 Å². The zero-order chi connectivity index (χ0) is 20.3. The molecule has 1 aliphatic carbocycles. The lowest BCUT2D eigenvalue weighted by Crippen LogP contribution is -2.44. The van der Waals surface area contributed by atoms with Gasteiger partial charge in [0, 0.05) is 13.1 Å². The van der Waals surface area contributed by atoms with Gasteiger partial charge in [-0.2, -0.15) is 5.06 Å². The molecular weight excluding hydrogens is 388 g/mol. The van der Waals surface area contributed by atoms with Crippen LogP contribution in [0.25, 0.3) is 0 Å². The van der Waals surface area contributed by atoms with Crippen molar-refractivity contribution in [1.82, 2.24) is 9.79 Å². The third-order valence-corrected chi connectivity index (χ3v) is 7.55. The summed E-state index contributed by atoms with van der Waals surface area (Å²) in [5.74, 6) is 1.41. The van der Waals surface area contributed by atoms with Gasteiger partial charge in [-0.15, -0.1) is 0 Å². The first-order chi connectivity index (χ1) is 14.0. The first-order valence-electron chi connectivity index (χ1n) is 10.2. The second-order valence-corrected chi connectivity index (χ2v) is 9.74. The number of ether oxygens (including phenoxy) is 1. The van der Waals surface area contributed by atoms with Crippen LogP contribution in [-0.2, 0) is 14.9 Å². The van der Waals surface area contributed by atoms with Crippen molar-refractivity contribution in [3.8, 4) is 11.5 Å². The van der Waals surface area contributed by atoms with Crippen molar-refractivity contribution in [2.45, 2.75) is 49.4 Å². The van der Waals surface area contributed by atoms with E-state index in [1.54, 1.807) is 12.1 Å². The fourth-order valence-corrected chi connectivity index (χ4v) is 5.99. The van der Waals surface area contributed by atoms with Crippen molar-refractivity contribution in [2.24, 2.45) is 0 Å². The fraction of sp³-hybridized carbons (Fsp3) is 0.455. The third kappa shape index (κ3) is 4.80. The number of nitrogens with zero attached hydrogens (tertiary/aromatic N) is 1. The van der Waals surface area contributed by atoms with Gasteiger partial charge in [0.2, 0.25) is 10.0 Å². The molecule has 2 aromatic rings. The Morgan fingerprint density at radius 3 is 2.48 bits per heavy atom. The molecule has 29 heavy (non-hydrogen) atoms. The van der Waals surface area contributed by atoms with Gasteiger partial charge < -0.3 is 4.74 Å². The van der Waals surface area contributed by atoms with Crippen molar-refractivity contribution in [3.63, 3.8) is 0 Å². The smallest absolute Gasteiger partial charge is 0.219 e. The highest BCUT2D eigenvalue weighted by Gasteiger charge is 2.44. The van der Waals surface area contributed by atoms with E-state index in [4.69, 9.17) is 9.57 Å². The van der Waals surface area contributed by atoms with Crippen molar-refractivity contribution in [2.75, 3.05) is 13.7 Å². The highest BCUT2D eigenvalue weighted by atomic mass is 32.2. The Morgan fingerprint density at radius 1 is 1.00 bits per heavy atom. The number of hydrogen-bond acceptors (Lipinski definition) is 5. The van der Waals surface area contributed by atoms with E-state index < -0.39 is 21.3 Å². The van der Waals surface area contributed by atoms with Gasteiger partial charge in [0.15, 0.2) is 0 Å². The van der Waals surface area contributed by atoms with E-state index in [9.17, 15) is 8.42 Å². The molecule has 7 heteroatoms. The summed E-state index contributed by atoms with van der Waals surface area (Å²) in [6, 6.07) is 16.8. The first kappa shape index (κ1) is 20.3. The zero-order valence-electron chi connectivity index (χ0n) is 16.7. The van der Waals surface area contributed by atoms with Crippen LogP contribution in [0.3, 0.4) is 0 Å². The van der Waals surface area contributed by atoms with Crippen molar-refractivity contribution in [1.29, 1.82) is 0 Å². The number of hydroxylamine groups is 2. The Hall–Kier alpha value is -1.93. The van der Waals surface area contributed by atoms with E-state index in [0.29, 0.717) is 5.75 Å². The Balaban J connectivity index is 1.55. The first-order valence-corrected chi connectivity index (χ1v) is 11.8. The van der Waals surface area contributed by atoms with Crippen molar-refractivity contribution in [3.05, 3.63) is 60.2 Å². The van der Waals surface area contributed by atoms with Gasteiger partial charge in [-0.05, 0) is 42.7 Å². The summed E-state index contributed by atoms with van der Waals surface area (Å²) in [5, 5.41) is 0.980. The van der Waals surface area contributed by atoms with Crippen LogP contribution in [0, 0.1) is 0 Å². The minimum Gasteiger partial charge on any atom is -0.457 e. The van der Waals surface area contributed by atoms with Crippen LogP contribution in [-0.4, -0.2) is 38.4 Å². The second kappa shape index (κ2) is 8.83. The van der Waals surface area contributed by atoms with E-state index in [1.165, 1.54) is 6.42 Å². The summed E-state index contributed by atoms with van der Waals surface area (Å²) in [5.41, 5.74) is 0.859. The lowest BCUT2D eigenvalue weighted by Gasteiger charge is -2.27. The highest BCUT2D eigenvalue weighted by molar-refractivity contribution is 7.90. The van der Waals surface area contributed by atoms with E-state index in [-0.39, 0.29) is 12.6 Å². The van der Waals surface area contributed by atoms with E-state index in [0.717, 1.165) is 37.0 Å². The number of benzene rings is 2. The van der Waals surface area contributed by atoms with E-state index in [2.05, 4.69) is 4.72 Å². The maximum Gasteiger partial charge on any atom is 0.219 e. The minimum absolute atomic E-state index is 0.0352. The molecule has 2 atom stereocenters.